The number of amides is 1. The Hall–Kier alpha value is -1.98. The van der Waals surface area contributed by atoms with Crippen LogP contribution in [0.1, 0.15) is 49.0 Å². The lowest BCUT2D eigenvalue weighted by Crippen LogP contribution is -2.29. The van der Waals surface area contributed by atoms with Crippen LogP contribution in [0.15, 0.2) is 54.6 Å². The Morgan fingerprint density at radius 1 is 1.10 bits per heavy atom. The average Bonchev–Trinajstić information content (AvgIpc) is 2.79. The lowest BCUT2D eigenvalue weighted by atomic mass is 10.1. The molecule has 3 rings (SSSR count). The second-order valence-corrected chi connectivity index (χ2v) is 9.23. The zero-order valence-electron chi connectivity index (χ0n) is 18.0. The maximum Gasteiger partial charge on any atom is 0.230 e. The van der Waals surface area contributed by atoms with E-state index in [2.05, 4.69) is 47.5 Å². The third-order valence-electron chi connectivity index (χ3n) is 5.40. The highest BCUT2D eigenvalue weighted by Crippen LogP contribution is 2.27. The predicted octanol–water partition coefficient (Wildman–Crippen LogP) is 5.05. The minimum absolute atomic E-state index is 0.0892. The van der Waals surface area contributed by atoms with Gasteiger partial charge in [-0.1, -0.05) is 48.9 Å². The van der Waals surface area contributed by atoms with Crippen molar-refractivity contribution < 1.29 is 9.53 Å². The molecular weight excluding hydrogens is 392 g/mol. The van der Waals surface area contributed by atoms with Gasteiger partial charge in [-0.05, 0) is 62.5 Å². The number of likely N-dealkylation sites (tertiary alicyclic amines) is 1. The molecule has 0 bridgehead atoms. The summed E-state index contributed by atoms with van der Waals surface area (Å²) in [5.74, 6) is 1.49. The monoisotopic (exact) mass is 426 g/mol. The molecule has 0 aromatic heterocycles. The molecule has 0 radical (unpaired) electrons. The number of nitrogens with zero attached hydrogens (tertiary/aromatic N) is 1. The van der Waals surface area contributed by atoms with E-state index in [4.69, 9.17) is 4.74 Å². The summed E-state index contributed by atoms with van der Waals surface area (Å²) in [6.07, 6.45) is 4.79. The molecule has 5 heteroatoms. The summed E-state index contributed by atoms with van der Waals surface area (Å²) in [6, 6.07) is 18.7. The van der Waals surface area contributed by atoms with Crippen LogP contribution in [-0.4, -0.2) is 42.8 Å². The molecule has 2 aromatic rings. The Balaban J connectivity index is 1.28. The molecule has 1 fully saturated rings. The quantitative estimate of drug-likeness (QED) is 0.511. The molecule has 1 heterocycles. The number of carbonyl (C=O) groups is 1. The molecular formula is C25H34N2O2S. The maximum atomic E-state index is 12.1. The number of rotatable bonds is 11. The van der Waals surface area contributed by atoms with Crippen molar-refractivity contribution in [2.45, 2.75) is 44.4 Å². The van der Waals surface area contributed by atoms with Crippen LogP contribution < -0.4 is 10.1 Å². The smallest absolute Gasteiger partial charge is 0.230 e. The fourth-order valence-electron chi connectivity index (χ4n) is 3.67. The van der Waals surface area contributed by atoms with Crippen molar-refractivity contribution in [3.05, 3.63) is 65.7 Å². The van der Waals surface area contributed by atoms with E-state index in [0.717, 1.165) is 18.7 Å². The van der Waals surface area contributed by atoms with E-state index in [-0.39, 0.29) is 5.91 Å². The minimum atomic E-state index is 0.0892. The van der Waals surface area contributed by atoms with Crippen molar-refractivity contribution in [1.82, 2.24) is 10.2 Å². The van der Waals surface area contributed by atoms with Crippen molar-refractivity contribution in [3.8, 4) is 5.75 Å². The number of hydrogen-bond donors (Lipinski definition) is 1. The number of hydrogen-bond acceptors (Lipinski definition) is 4. The van der Waals surface area contributed by atoms with Gasteiger partial charge in [0.15, 0.2) is 0 Å². The number of nitrogens with one attached hydrogen (secondary N) is 1. The molecule has 30 heavy (non-hydrogen) atoms. The van der Waals surface area contributed by atoms with Gasteiger partial charge in [0.25, 0.3) is 0 Å². The molecule has 1 saturated heterocycles. The first-order valence-corrected chi connectivity index (χ1v) is 12.1. The van der Waals surface area contributed by atoms with Gasteiger partial charge in [0.05, 0.1) is 12.4 Å². The van der Waals surface area contributed by atoms with Crippen LogP contribution in [0.5, 0.6) is 5.75 Å². The summed E-state index contributed by atoms with van der Waals surface area (Å²) in [6.45, 7) is 6.81. The lowest BCUT2D eigenvalue weighted by Gasteiger charge is -2.26. The van der Waals surface area contributed by atoms with Crippen LogP contribution >= 0.6 is 11.8 Å². The van der Waals surface area contributed by atoms with Crippen molar-refractivity contribution in [3.63, 3.8) is 0 Å². The van der Waals surface area contributed by atoms with Crippen molar-refractivity contribution in [1.29, 1.82) is 0 Å². The van der Waals surface area contributed by atoms with Gasteiger partial charge < -0.3 is 10.1 Å². The largest absolute Gasteiger partial charge is 0.494 e. The van der Waals surface area contributed by atoms with E-state index in [1.807, 2.05) is 24.3 Å². The Bertz CT molecular complexity index is 763. The molecule has 162 valence electrons. The van der Waals surface area contributed by atoms with E-state index in [1.165, 1.54) is 43.5 Å². The molecule has 1 aliphatic heterocycles. The molecule has 4 nitrogen and oxygen atoms in total. The Morgan fingerprint density at radius 2 is 1.90 bits per heavy atom. The van der Waals surface area contributed by atoms with Crippen molar-refractivity contribution in [2.24, 2.45) is 0 Å². The average molecular weight is 427 g/mol. The molecule has 1 atom stereocenters. The first-order valence-electron chi connectivity index (χ1n) is 11.1. The highest BCUT2D eigenvalue weighted by molar-refractivity contribution is 8.00. The highest BCUT2D eigenvalue weighted by Gasteiger charge is 2.11. The lowest BCUT2D eigenvalue weighted by molar-refractivity contribution is -0.118. The van der Waals surface area contributed by atoms with Crippen molar-refractivity contribution in [2.75, 3.05) is 32.0 Å². The fourth-order valence-corrected chi connectivity index (χ4v) is 4.52. The number of carbonyl (C=O) groups excluding carboxylic acids is 1. The van der Waals surface area contributed by atoms with Crippen LogP contribution in [0.2, 0.25) is 0 Å². The van der Waals surface area contributed by atoms with Crippen LogP contribution in [0.25, 0.3) is 0 Å². The fraction of sp³-hybridized carbons (Fsp3) is 0.480. The summed E-state index contributed by atoms with van der Waals surface area (Å²) in [7, 11) is 0. The van der Waals surface area contributed by atoms with Crippen LogP contribution in [-0.2, 0) is 11.3 Å². The standard InChI is InChI=1S/C25H34N2O2S/c1-21(23-11-4-2-5-12-23)30-20-25(28)26-14-9-17-29-24-13-8-10-22(18-24)19-27-15-6-3-7-16-27/h2,4-5,8,10-13,18,21H,3,6-7,9,14-17,19-20H2,1H3,(H,26,28). The van der Waals surface area contributed by atoms with Gasteiger partial charge in [0.2, 0.25) is 5.91 Å². The van der Waals surface area contributed by atoms with Crippen LogP contribution in [0.3, 0.4) is 0 Å². The van der Waals surface area contributed by atoms with Gasteiger partial charge in [-0.15, -0.1) is 11.8 Å². The first kappa shape index (κ1) is 22.7. The van der Waals surface area contributed by atoms with E-state index in [0.29, 0.717) is 24.2 Å². The summed E-state index contributed by atoms with van der Waals surface area (Å²) in [5.41, 5.74) is 2.57. The molecule has 2 aromatic carbocycles. The van der Waals surface area contributed by atoms with Gasteiger partial charge in [-0.3, -0.25) is 9.69 Å². The maximum absolute atomic E-state index is 12.1. The number of piperidine rings is 1. The number of thioether (sulfide) groups is 1. The van der Waals surface area contributed by atoms with E-state index in [9.17, 15) is 4.79 Å². The van der Waals surface area contributed by atoms with Gasteiger partial charge >= 0.3 is 0 Å². The van der Waals surface area contributed by atoms with E-state index in [1.54, 1.807) is 11.8 Å². The van der Waals surface area contributed by atoms with Gasteiger partial charge in [0, 0.05) is 18.3 Å². The van der Waals surface area contributed by atoms with Crippen molar-refractivity contribution >= 4 is 17.7 Å². The normalized spacial score (nSPS) is 15.5. The Labute approximate surface area is 185 Å². The minimum Gasteiger partial charge on any atom is -0.494 e. The van der Waals surface area contributed by atoms with Crippen LogP contribution in [0, 0.1) is 0 Å². The topological polar surface area (TPSA) is 41.6 Å². The van der Waals surface area contributed by atoms with Crippen LogP contribution in [0.4, 0.5) is 0 Å². The number of ether oxygens (including phenoxy) is 1. The third-order valence-corrected chi connectivity index (χ3v) is 6.60. The molecule has 0 aliphatic carbocycles. The third kappa shape index (κ3) is 8.04. The SMILES string of the molecule is CC(SCC(=O)NCCCOc1cccc(CN2CCCCC2)c1)c1ccccc1. The number of benzene rings is 2. The zero-order chi connectivity index (χ0) is 21.0. The summed E-state index contributed by atoms with van der Waals surface area (Å²) in [4.78, 5) is 14.6. The molecule has 1 amide bonds. The second-order valence-electron chi connectivity index (χ2n) is 7.90. The summed E-state index contributed by atoms with van der Waals surface area (Å²) in [5, 5.41) is 3.31. The summed E-state index contributed by atoms with van der Waals surface area (Å²) < 4.78 is 5.90. The van der Waals surface area contributed by atoms with Gasteiger partial charge in [-0.2, -0.15) is 0 Å². The first-order chi connectivity index (χ1) is 14.7. The van der Waals surface area contributed by atoms with E-state index < -0.39 is 0 Å². The summed E-state index contributed by atoms with van der Waals surface area (Å²) >= 11 is 1.67. The molecule has 1 unspecified atom stereocenters. The zero-order valence-corrected chi connectivity index (χ0v) is 18.8. The second kappa shape index (κ2) is 12.7. The van der Waals surface area contributed by atoms with E-state index >= 15 is 0 Å². The molecule has 1 aliphatic rings. The molecule has 1 N–H and O–H groups in total. The molecule has 0 saturated carbocycles. The predicted molar refractivity (Wildman–Crippen MR) is 126 cm³/mol. The Morgan fingerprint density at radius 3 is 2.70 bits per heavy atom. The van der Waals surface area contributed by atoms with Gasteiger partial charge in [-0.25, -0.2) is 0 Å². The van der Waals surface area contributed by atoms with Gasteiger partial charge in [0.1, 0.15) is 5.75 Å². The highest BCUT2D eigenvalue weighted by atomic mass is 32.2. The molecule has 0 spiro atoms. The Kier molecular flexibility index (Phi) is 9.58.